The number of aliphatic hydroxyl groups is 1. The Balaban J connectivity index is 1.65. The molecule has 3 atom stereocenters. The summed E-state index contributed by atoms with van der Waals surface area (Å²) in [6, 6.07) is 16.8. The zero-order valence-electron chi connectivity index (χ0n) is 16.7. The molecule has 3 aliphatic rings. The lowest BCUT2D eigenvalue weighted by Crippen LogP contribution is -2.41. The molecule has 0 bridgehead atoms. The van der Waals surface area contributed by atoms with E-state index >= 15 is 0 Å². The summed E-state index contributed by atoms with van der Waals surface area (Å²) in [6.45, 7) is 2.32. The minimum absolute atomic E-state index is 0.0981. The Hall–Kier alpha value is -2.06. The van der Waals surface area contributed by atoms with Crippen LogP contribution in [0.2, 0.25) is 0 Å². The van der Waals surface area contributed by atoms with Gasteiger partial charge in [-0.3, -0.25) is 0 Å². The summed E-state index contributed by atoms with van der Waals surface area (Å²) in [6.07, 6.45) is 8.06. The van der Waals surface area contributed by atoms with Gasteiger partial charge in [-0.15, -0.1) is 0 Å². The first-order valence-electron chi connectivity index (χ1n) is 10.8. The fraction of sp³-hybridized carbons (Fsp3) is 0.462. The van der Waals surface area contributed by atoms with Gasteiger partial charge >= 0.3 is 0 Å². The van der Waals surface area contributed by atoms with Crippen LogP contribution >= 0.6 is 0 Å². The molecule has 1 saturated carbocycles. The smallest absolute Gasteiger partial charge is 0.115 e. The quantitative estimate of drug-likeness (QED) is 0.700. The largest absolute Gasteiger partial charge is 0.508 e. The van der Waals surface area contributed by atoms with Crippen molar-refractivity contribution in [2.75, 3.05) is 0 Å². The summed E-state index contributed by atoms with van der Waals surface area (Å²) < 4.78 is 0. The Kier molecular flexibility index (Phi) is 4.17. The van der Waals surface area contributed by atoms with Gasteiger partial charge in [0.15, 0.2) is 0 Å². The Labute approximate surface area is 167 Å². The number of aryl methyl sites for hydroxylation is 1. The Bertz CT molecular complexity index is 929. The highest BCUT2D eigenvalue weighted by Gasteiger charge is 2.53. The number of hydrogen-bond donors (Lipinski definition) is 2. The van der Waals surface area contributed by atoms with Crippen molar-refractivity contribution in [3.8, 4) is 5.75 Å². The molecule has 5 rings (SSSR count). The standard InChI is InChI=1S/C26H30O2/c1-2-26-13-12-25(16-18-6-4-3-5-7-18)17-21(28)15-24(25)23(26)10-8-19-14-20(27)9-11-22(19)26/h3-7,9,11,14,21,27-28H,2,8,10,12-13,15-17H2,1H3/t21?,25-,26?/m1/s1. The summed E-state index contributed by atoms with van der Waals surface area (Å²) >= 11 is 0. The van der Waals surface area contributed by atoms with Gasteiger partial charge in [0.2, 0.25) is 0 Å². The topological polar surface area (TPSA) is 40.5 Å². The van der Waals surface area contributed by atoms with Gasteiger partial charge in [0.25, 0.3) is 0 Å². The number of fused-ring (bicyclic) bond motifs is 4. The van der Waals surface area contributed by atoms with E-state index in [1.165, 1.54) is 16.7 Å². The third-order valence-corrected chi connectivity index (χ3v) is 7.92. The van der Waals surface area contributed by atoms with Crippen LogP contribution in [0.4, 0.5) is 0 Å². The van der Waals surface area contributed by atoms with Crippen molar-refractivity contribution in [3.63, 3.8) is 0 Å². The maximum atomic E-state index is 10.7. The highest BCUT2D eigenvalue weighted by atomic mass is 16.3. The van der Waals surface area contributed by atoms with Crippen LogP contribution in [-0.4, -0.2) is 16.3 Å². The molecule has 146 valence electrons. The maximum Gasteiger partial charge on any atom is 0.115 e. The van der Waals surface area contributed by atoms with Gasteiger partial charge in [0, 0.05) is 5.41 Å². The fourth-order valence-electron chi connectivity index (χ4n) is 6.72. The van der Waals surface area contributed by atoms with Crippen LogP contribution < -0.4 is 0 Å². The van der Waals surface area contributed by atoms with Crippen LogP contribution in [0.3, 0.4) is 0 Å². The zero-order valence-corrected chi connectivity index (χ0v) is 16.7. The summed E-state index contributed by atoms with van der Waals surface area (Å²) in [7, 11) is 0. The normalized spacial score (nSPS) is 31.3. The Morgan fingerprint density at radius 3 is 2.61 bits per heavy atom. The summed E-state index contributed by atoms with van der Waals surface area (Å²) in [5, 5.41) is 20.7. The van der Waals surface area contributed by atoms with Crippen molar-refractivity contribution in [2.24, 2.45) is 5.41 Å². The lowest BCUT2D eigenvalue weighted by Gasteiger charge is -2.50. The lowest BCUT2D eigenvalue weighted by atomic mass is 9.53. The summed E-state index contributed by atoms with van der Waals surface area (Å²) in [5.41, 5.74) is 7.54. The van der Waals surface area contributed by atoms with Gasteiger partial charge in [-0.2, -0.15) is 0 Å². The monoisotopic (exact) mass is 374 g/mol. The van der Waals surface area contributed by atoms with Crippen LogP contribution in [0.5, 0.6) is 5.75 Å². The first-order chi connectivity index (χ1) is 13.6. The number of aromatic hydroxyl groups is 1. The highest BCUT2D eigenvalue weighted by molar-refractivity contribution is 5.53. The van der Waals surface area contributed by atoms with Crippen molar-refractivity contribution in [1.82, 2.24) is 0 Å². The molecular weight excluding hydrogens is 344 g/mol. The molecule has 0 saturated heterocycles. The number of benzene rings is 2. The molecule has 2 heteroatoms. The van der Waals surface area contributed by atoms with Gasteiger partial charge in [-0.1, -0.05) is 54.5 Å². The van der Waals surface area contributed by atoms with Crippen molar-refractivity contribution in [1.29, 1.82) is 0 Å². The van der Waals surface area contributed by atoms with Gasteiger partial charge in [-0.25, -0.2) is 0 Å². The number of phenols is 1. The SMILES string of the molecule is CCC12CC[C@@]3(Cc4ccccc4)CC(O)CC3=C1CCc1cc(O)ccc12. The van der Waals surface area contributed by atoms with E-state index in [9.17, 15) is 10.2 Å². The van der Waals surface area contributed by atoms with Crippen molar-refractivity contribution < 1.29 is 10.2 Å². The van der Waals surface area contributed by atoms with Crippen LogP contribution in [0.25, 0.3) is 0 Å². The van der Waals surface area contributed by atoms with Crippen molar-refractivity contribution in [2.45, 2.75) is 69.8 Å². The summed E-state index contributed by atoms with van der Waals surface area (Å²) in [5.74, 6) is 0.381. The van der Waals surface area contributed by atoms with Crippen LogP contribution in [0, 0.1) is 5.41 Å². The molecule has 3 aliphatic carbocycles. The van der Waals surface area contributed by atoms with Gasteiger partial charge in [0.05, 0.1) is 6.10 Å². The number of phenolic OH excluding ortho intramolecular Hbond substituents is 1. The molecule has 28 heavy (non-hydrogen) atoms. The Morgan fingerprint density at radius 1 is 1.00 bits per heavy atom. The maximum absolute atomic E-state index is 10.7. The van der Waals surface area contributed by atoms with Gasteiger partial charge in [0.1, 0.15) is 5.75 Å². The van der Waals surface area contributed by atoms with Crippen molar-refractivity contribution in [3.05, 3.63) is 76.4 Å². The molecule has 0 aliphatic heterocycles. The number of hydrogen-bond acceptors (Lipinski definition) is 2. The lowest BCUT2D eigenvalue weighted by molar-refractivity contribution is 0.148. The third kappa shape index (κ3) is 2.58. The first kappa shape index (κ1) is 18.0. The van der Waals surface area contributed by atoms with E-state index in [1.807, 2.05) is 12.1 Å². The van der Waals surface area contributed by atoms with Crippen LogP contribution in [0.1, 0.15) is 62.1 Å². The summed E-state index contributed by atoms with van der Waals surface area (Å²) in [4.78, 5) is 0. The van der Waals surface area contributed by atoms with E-state index in [1.54, 1.807) is 11.1 Å². The molecular formula is C26H30O2. The van der Waals surface area contributed by atoms with Crippen LogP contribution in [0.15, 0.2) is 59.7 Å². The van der Waals surface area contributed by atoms with Crippen molar-refractivity contribution >= 4 is 0 Å². The molecule has 2 nitrogen and oxygen atoms in total. The molecule has 2 N–H and O–H groups in total. The average molecular weight is 375 g/mol. The van der Waals surface area contributed by atoms with Gasteiger partial charge in [-0.05, 0) is 85.6 Å². The minimum atomic E-state index is -0.208. The third-order valence-electron chi connectivity index (χ3n) is 7.92. The molecule has 1 fully saturated rings. The molecule has 0 spiro atoms. The molecule has 2 aromatic carbocycles. The molecule has 0 amide bonds. The highest BCUT2D eigenvalue weighted by Crippen LogP contribution is 2.62. The van der Waals surface area contributed by atoms with E-state index < -0.39 is 0 Å². The molecule has 2 unspecified atom stereocenters. The van der Waals surface area contributed by atoms with E-state index in [-0.39, 0.29) is 16.9 Å². The second-order valence-electron chi connectivity index (χ2n) is 9.24. The second kappa shape index (κ2) is 6.49. The van der Waals surface area contributed by atoms with Gasteiger partial charge < -0.3 is 10.2 Å². The zero-order chi connectivity index (χ0) is 19.4. The fourth-order valence-corrected chi connectivity index (χ4v) is 6.72. The van der Waals surface area contributed by atoms with E-state index in [0.717, 1.165) is 51.4 Å². The molecule has 0 radical (unpaired) electrons. The Morgan fingerprint density at radius 2 is 1.82 bits per heavy atom. The number of allylic oxidation sites excluding steroid dienone is 1. The molecule has 0 aromatic heterocycles. The minimum Gasteiger partial charge on any atom is -0.508 e. The predicted molar refractivity (Wildman–Crippen MR) is 112 cm³/mol. The van der Waals surface area contributed by atoms with Crippen LogP contribution in [-0.2, 0) is 18.3 Å². The number of aliphatic hydroxyl groups excluding tert-OH is 1. The molecule has 0 heterocycles. The van der Waals surface area contributed by atoms with E-state index in [0.29, 0.717) is 5.75 Å². The second-order valence-corrected chi connectivity index (χ2v) is 9.24. The van der Waals surface area contributed by atoms with E-state index in [2.05, 4.69) is 43.3 Å². The number of rotatable bonds is 3. The predicted octanol–water partition coefficient (Wildman–Crippen LogP) is 5.46. The van der Waals surface area contributed by atoms with E-state index in [4.69, 9.17) is 0 Å². The average Bonchev–Trinajstić information content (AvgIpc) is 3.03. The molecule has 2 aromatic rings. The first-order valence-corrected chi connectivity index (χ1v) is 10.8.